The summed E-state index contributed by atoms with van der Waals surface area (Å²) in [5, 5.41) is 10.1. The molecule has 2 aromatic heterocycles. The molecule has 26 heavy (non-hydrogen) atoms. The minimum Gasteiger partial charge on any atom is -0.364 e. The van der Waals surface area contributed by atoms with Gasteiger partial charge in [-0.2, -0.15) is 0 Å². The molecule has 3 heterocycles. The molecular weight excluding hydrogens is 324 g/mol. The number of anilines is 1. The van der Waals surface area contributed by atoms with Crippen molar-refractivity contribution in [2.75, 3.05) is 18.4 Å². The minimum atomic E-state index is 0.447. The summed E-state index contributed by atoms with van der Waals surface area (Å²) in [6.07, 6.45) is 2.23. The quantitative estimate of drug-likeness (QED) is 0.575. The summed E-state index contributed by atoms with van der Waals surface area (Å²) in [7, 11) is 0. The molecule has 5 heteroatoms. The maximum Gasteiger partial charge on any atom is 0.177 e. The molecule has 1 saturated heterocycles. The Kier molecular flexibility index (Phi) is 3.87. The van der Waals surface area contributed by atoms with E-state index in [4.69, 9.17) is 4.52 Å². The van der Waals surface area contributed by atoms with Gasteiger partial charge >= 0.3 is 0 Å². The van der Waals surface area contributed by atoms with Crippen molar-refractivity contribution in [3.8, 4) is 0 Å². The van der Waals surface area contributed by atoms with Gasteiger partial charge in [-0.15, -0.1) is 0 Å². The molecule has 0 spiro atoms. The summed E-state index contributed by atoms with van der Waals surface area (Å²) in [6, 6.07) is 19.2. The van der Waals surface area contributed by atoms with Crippen LogP contribution in [0.15, 0.2) is 59.1 Å². The molecule has 1 fully saturated rings. The number of nitrogens with one attached hydrogen (secondary N) is 2. The zero-order valence-corrected chi connectivity index (χ0v) is 14.6. The van der Waals surface area contributed by atoms with Crippen LogP contribution >= 0.6 is 0 Å². The van der Waals surface area contributed by atoms with Crippen molar-refractivity contribution in [3.63, 3.8) is 0 Å². The molecule has 1 aliphatic rings. The summed E-state index contributed by atoms with van der Waals surface area (Å²) < 4.78 is 5.39. The highest BCUT2D eigenvalue weighted by atomic mass is 16.5. The van der Waals surface area contributed by atoms with Gasteiger partial charge in [0, 0.05) is 36.9 Å². The number of fused-ring (bicyclic) bond motifs is 2. The second kappa shape index (κ2) is 6.50. The Bertz CT molecular complexity index is 994. The summed E-state index contributed by atoms with van der Waals surface area (Å²) >= 11 is 0. The highest BCUT2D eigenvalue weighted by Crippen LogP contribution is 2.25. The Morgan fingerprint density at radius 1 is 1.08 bits per heavy atom. The Labute approximate surface area is 152 Å². The van der Waals surface area contributed by atoms with E-state index in [1.807, 2.05) is 18.2 Å². The van der Waals surface area contributed by atoms with Crippen LogP contribution in [0.2, 0.25) is 0 Å². The van der Waals surface area contributed by atoms with E-state index in [0.29, 0.717) is 6.04 Å². The molecule has 5 nitrogen and oxygen atoms in total. The molecule has 0 amide bonds. The number of aromatic nitrogens is 2. The first-order valence-corrected chi connectivity index (χ1v) is 9.25. The zero-order chi connectivity index (χ0) is 17.3. The first kappa shape index (κ1) is 15.5. The molecular formula is C21H22N4O. The lowest BCUT2D eigenvalue weighted by Gasteiger charge is -2.32. The van der Waals surface area contributed by atoms with Gasteiger partial charge in [0.2, 0.25) is 0 Å². The fourth-order valence-electron chi connectivity index (χ4n) is 3.88. The van der Waals surface area contributed by atoms with Gasteiger partial charge in [-0.1, -0.05) is 35.5 Å². The maximum atomic E-state index is 5.39. The van der Waals surface area contributed by atoms with Crippen LogP contribution in [0.25, 0.3) is 21.9 Å². The van der Waals surface area contributed by atoms with Crippen molar-refractivity contribution in [2.24, 2.45) is 0 Å². The molecule has 0 bridgehead atoms. The van der Waals surface area contributed by atoms with E-state index in [0.717, 1.165) is 49.3 Å². The molecule has 0 aliphatic carbocycles. The van der Waals surface area contributed by atoms with Gasteiger partial charge in [-0.25, -0.2) is 0 Å². The van der Waals surface area contributed by atoms with Crippen LogP contribution in [0, 0.1) is 0 Å². The van der Waals surface area contributed by atoms with Gasteiger partial charge in [-0.3, -0.25) is 4.90 Å². The Morgan fingerprint density at radius 2 is 1.88 bits per heavy atom. The average molecular weight is 346 g/mol. The van der Waals surface area contributed by atoms with Crippen LogP contribution in [0.4, 0.5) is 5.82 Å². The normalized spacial score (nSPS) is 16.5. The smallest absolute Gasteiger partial charge is 0.177 e. The van der Waals surface area contributed by atoms with E-state index >= 15 is 0 Å². The van der Waals surface area contributed by atoms with Crippen LogP contribution in [0.1, 0.15) is 18.5 Å². The lowest BCUT2D eigenvalue weighted by atomic mass is 10.0. The molecule has 0 atom stereocenters. The SMILES string of the molecule is c1ccc2[nH]c(CN3CCC(Nc4noc5ccccc45)CC3)cc2c1. The summed E-state index contributed by atoms with van der Waals surface area (Å²) in [5.74, 6) is 0.870. The number of benzene rings is 2. The van der Waals surface area contributed by atoms with Crippen LogP contribution in [-0.2, 0) is 6.54 Å². The number of hydrogen-bond acceptors (Lipinski definition) is 4. The van der Waals surface area contributed by atoms with E-state index in [-0.39, 0.29) is 0 Å². The molecule has 132 valence electrons. The van der Waals surface area contributed by atoms with E-state index in [1.54, 1.807) is 0 Å². The number of likely N-dealkylation sites (tertiary alicyclic amines) is 1. The number of nitrogens with zero attached hydrogens (tertiary/aromatic N) is 2. The molecule has 4 aromatic rings. The Balaban J connectivity index is 1.21. The predicted molar refractivity (Wildman–Crippen MR) is 104 cm³/mol. The molecule has 2 N–H and O–H groups in total. The topological polar surface area (TPSA) is 57.1 Å². The van der Waals surface area contributed by atoms with Gasteiger partial charge in [0.15, 0.2) is 11.4 Å². The fourth-order valence-corrected chi connectivity index (χ4v) is 3.88. The number of H-pyrrole nitrogens is 1. The number of rotatable bonds is 4. The average Bonchev–Trinajstić information content (AvgIpc) is 3.27. The van der Waals surface area contributed by atoms with E-state index in [1.165, 1.54) is 16.6 Å². The summed E-state index contributed by atoms with van der Waals surface area (Å²) in [4.78, 5) is 6.05. The third-order valence-electron chi connectivity index (χ3n) is 5.29. The molecule has 2 aromatic carbocycles. The van der Waals surface area contributed by atoms with Crippen molar-refractivity contribution in [1.29, 1.82) is 0 Å². The molecule has 0 unspecified atom stereocenters. The molecule has 0 saturated carbocycles. The lowest BCUT2D eigenvalue weighted by molar-refractivity contribution is 0.209. The zero-order valence-electron chi connectivity index (χ0n) is 14.6. The van der Waals surface area contributed by atoms with Gasteiger partial charge in [0.25, 0.3) is 0 Å². The van der Waals surface area contributed by atoms with Crippen LogP contribution in [0.5, 0.6) is 0 Å². The van der Waals surface area contributed by atoms with E-state index in [9.17, 15) is 0 Å². The minimum absolute atomic E-state index is 0.447. The number of piperidine rings is 1. The molecule has 1 aliphatic heterocycles. The molecule has 5 rings (SSSR count). The van der Waals surface area contributed by atoms with Gasteiger partial charge in [-0.05, 0) is 42.5 Å². The number of hydrogen-bond donors (Lipinski definition) is 2. The highest BCUT2D eigenvalue weighted by Gasteiger charge is 2.21. The van der Waals surface area contributed by atoms with Crippen LogP contribution in [0.3, 0.4) is 0 Å². The van der Waals surface area contributed by atoms with Crippen LogP contribution < -0.4 is 5.32 Å². The molecule has 0 radical (unpaired) electrons. The third kappa shape index (κ3) is 2.95. The second-order valence-electron chi connectivity index (χ2n) is 7.10. The predicted octanol–water partition coefficient (Wildman–Crippen LogP) is 4.39. The number of para-hydroxylation sites is 2. The maximum absolute atomic E-state index is 5.39. The fraction of sp³-hybridized carbons (Fsp3) is 0.286. The Hall–Kier alpha value is -2.79. The highest BCUT2D eigenvalue weighted by molar-refractivity contribution is 5.88. The largest absolute Gasteiger partial charge is 0.364 e. The second-order valence-corrected chi connectivity index (χ2v) is 7.10. The third-order valence-corrected chi connectivity index (χ3v) is 5.29. The van der Waals surface area contributed by atoms with Crippen LogP contribution in [-0.4, -0.2) is 34.2 Å². The first-order chi connectivity index (χ1) is 12.8. The van der Waals surface area contributed by atoms with Crippen molar-refractivity contribution < 1.29 is 4.52 Å². The summed E-state index contributed by atoms with van der Waals surface area (Å²) in [6.45, 7) is 3.15. The van der Waals surface area contributed by atoms with Crippen molar-refractivity contribution in [1.82, 2.24) is 15.0 Å². The summed E-state index contributed by atoms with van der Waals surface area (Å²) in [5.41, 5.74) is 3.35. The Morgan fingerprint density at radius 3 is 2.77 bits per heavy atom. The first-order valence-electron chi connectivity index (χ1n) is 9.25. The monoisotopic (exact) mass is 346 g/mol. The van der Waals surface area contributed by atoms with Gasteiger partial charge in [0.05, 0.1) is 5.39 Å². The lowest BCUT2D eigenvalue weighted by Crippen LogP contribution is -2.38. The van der Waals surface area contributed by atoms with Crippen molar-refractivity contribution in [2.45, 2.75) is 25.4 Å². The van der Waals surface area contributed by atoms with Crippen molar-refractivity contribution >= 4 is 27.7 Å². The van der Waals surface area contributed by atoms with Gasteiger partial charge in [0.1, 0.15) is 0 Å². The van der Waals surface area contributed by atoms with Gasteiger partial charge < -0.3 is 14.8 Å². The standard InChI is InChI=1S/C21H22N4O/c1-3-7-19-15(5-1)13-17(22-19)14-25-11-9-16(10-12-25)23-21-18-6-2-4-8-20(18)26-24-21/h1-8,13,16,22H,9-12,14H2,(H,23,24). The van der Waals surface area contributed by atoms with Crippen molar-refractivity contribution in [3.05, 3.63) is 60.3 Å². The van der Waals surface area contributed by atoms with E-state index < -0.39 is 0 Å². The number of aromatic amines is 1. The van der Waals surface area contributed by atoms with E-state index in [2.05, 4.69) is 56.8 Å².